The van der Waals surface area contributed by atoms with E-state index in [2.05, 4.69) is 25.7 Å². The number of rotatable bonds is 9. The fourth-order valence-corrected chi connectivity index (χ4v) is 2.41. The van der Waals surface area contributed by atoms with Gasteiger partial charge in [-0.3, -0.25) is 0 Å². The van der Waals surface area contributed by atoms with Crippen molar-refractivity contribution >= 4 is 0 Å². The Balaban J connectivity index is 2.37. The van der Waals surface area contributed by atoms with Crippen LogP contribution in [-0.4, -0.2) is 51.0 Å². The van der Waals surface area contributed by atoms with Crippen LogP contribution < -0.4 is 0 Å². The summed E-state index contributed by atoms with van der Waals surface area (Å²) in [6.45, 7) is 11.5. The zero-order valence-electron chi connectivity index (χ0n) is 12.0. The molecule has 0 unspecified atom stereocenters. The summed E-state index contributed by atoms with van der Waals surface area (Å²) in [5.41, 5.74) is 0.425. The minimum atomic E-state index is 0.349. The molecule has 3 heteroatoms. The Kier molecular flexibility index (Phi) is 6.45. The Morgan fingerprint density at radius 2 is 2.00 bits per heavy atom. The van der Waals surface area contributed by atoms with Crippen LogP contribution in [0.1, 0.15) is 40.0 Å². The summed E-state index contributed by atoms with van der Waals surface area (Å²) in [5.74, 6) is 0. The molecule has 1 aliphatic carbocycles. The van der Waals surface area contributed by atoms with Crippen molar-refractivity contribution in [2.75, 3.05) is 40.0 Å². The highest BCUT2D eigenvalue weighted by Crippen LogP contribution is 2.42. The van der Waals surface area contributed by atoms with Crippen LogP contribution in [0.4, 0.5) is 0 Å². The highest BCUT2D eigenvalue weighted by Gasteiger charge is 2.38. The largest absolute Gasteiger partial charge is 0.383 e. The molecular formula is C14H29NO2. The van der Waals surface area contributed by atoms with Gasteiger partial charge in [-0.25, -0.2) is 0 Å². The molecule has 0 aromatic carbocycles. The molecule has 0 spiro atoms. The average Bonchev–Trinajstić information content (AvgIpc) is 2.26. The van der Waals surface area contributed by atoms with Crippen molar-refractivity contribution in [3.8, 4) is 0 Å². The Morgan fingerprint density at radius 3 is 2.41 bits per heavy atom. The van der Waals surface area contributed by atoms with Crippen LogP contribution >= 0.6 is 0 Å². The van der Waals surface area contributed by atoms with Crippen molar-refractivity contribution in [1.29, 1.82) is 0 Å². The minimum absolute atomic E-state index is 0.349. The van der Waals surface area contributed by atoms with E-state index in [4.69, 9.17) is 9.47 Å². The Bertz CT molecular complexity index is 202. The van der Waals surface area contributed by atoms with Crippen LogP contribution in [0.25, 0.3) is 0 Å². The average molecular weight is 243 g/mol. The normalized spacial score (nSPS) is 18.7. The van der Waals surface area contributed by atoms with Crippen LogP contribution in [-0.2, 0) is 9.47 Å². The van der Waals surface area contributed by atoms with Crippen LogP contribution in [0.2, 0.25) is 0 Å². The third kappa shape index (κ3) is 4.94. The fraction of sp³-hybridized carbons (Fsp3) is 1.00. The van der Waals surface area contributed by atoms with Gasteiger partial charge in [0.1, 0.15) is 0 Å². The monoisotopic (exact) mass is 243 g/mol. The number of hydrogen-bond acceptors (Lipinski definition) is 3. The Labute approximate surface area is 106 Å². The van der Waals surface area contributed by atoms with Gasteiger partial charge in [0.2, 0.25) is 0 Å². The molecule has 3 nitrogen and oxygen atoms in total. The molecule has 0 aromatic heterocycles. The molecule has 0 N–H and O–H groups in total. The molecule has 0 saturated heterocycles. The van der Waals surface area contributed by atoms with Crippen LogP contribution in [0.3, 0.4) is 0 Å². The van der Waals surface area contributed by atoms with E-state index < -0.39 is 0 Å². The highest BCUT2D eigenvalue weighted by atomic mass is 16.5. The Hall–Kier alpha value is -0.120. The number of ether oxygens (including phenoxy) is 2. The first-order valence-corrected chi connectivity index (χ1v) is 6.95. The first kappa shape index (κ1) is 14.9. The summed E-state index contributed by atoms with van der Waals surface area (Å²) in [4.78, 5) is 2.49. The molecule has 0 heterocycles. The maximum Gasteiger partial charge on any atom is 0.0589 e. The summed E-state index contributed by atoms with van der Waals surface area (Å²) in [6.07, 6.45) is 4.36. The van der Waals surface area contributed by atoms with Crippen molar-refractivity contribution in [3.63, 3.8) is 0 Å². The molecule has 0 aromatic rings. The highest BCUT2D eigenvalue weighted by molar-refractivity contribution is 4.90. The lowest BCUT2D eigenvalue weighted by molar-refractivity contribution is -0.0515. The summed E-state index contributed by atoms with van der Waals surface area (Å²) >= 11 is 0. The first-order valence-electron chi connectivity index (χ1n) is 6.95. The first-order chi connectivity index (χ1) is 8.12. The van der Waals surface area contributed by atoms with E-state index in [9.17, 15) is 0 Å². The molecular weight excluding hydrogens is 214 g/mol. The van der Waals surface area contributed by atoms with Crippen molar-refractivity contribution < 1.29 is 9.47 Å². The van der Waals surface area contributed by atoms with E-state index in [0.717, 1.165) is 26.3 Å². The molecule has 1 saturated carbocycles. The van der Waals surface area contributed by atoms with Gasteiger partial charge in [0.05, 0.1) is 19.3 Å². The van der Waals surface area contributed by atoms with Crippen LogP contribution in [0, 0.1) is 5.41 Å². The molecule has 102 valence electrons. The van der Waals surface area contributed by atoms with Gasteiger partial charge in [0.25, 0.3) is 0 Å². The van der Waals surface area contributed by atoms with Crippen molar-refractivity contribution in [2.45, 2.75) is 46.1 Å². The third-order valence-electron chi connectivity index (χ3n) is 3.75. The maximum absolute atomic E-state index is 5.84. The lowest BCUT2D eigenvalue weighted by atomic mass is 9.69. The smallest absolute Gasteiger partial charge is 0.0589 e. The SMILES string of the molecule is CCN(CCOC)CC1(COC(C)C)CCC1. The van der Waals surface area contributed by atoms with Gasteiger partial charge in [0, 0.05) is 25.6 Å². The van der Waals surface area contributed by atoms with Crippen molar-refractivity contribution in [1.82, 2.24) is 4.90 Å². The van der Waals surface area contributed by atoms with Crippen LogP contribution in [0.15, 0.2) is 0 Å². The molecule has 0 bridgehead atoms. The van der Waals surface area contributed by atoms with E-state index in [0.29, 0.717) is 11.5 Å². The summed E-state index contributed by atoms with van der Waals surface area (Å²) in [5, 5.41) is 0. The quantitative estimate of drug-likeness (QED) is 0.621. The second kappa shape index (κ2) is 7.34. The molecule has 0 amide bonds. The predicted molar refractivity (Wildman–Crippen MR) is 71.4 cm³/mol. The van der Waals surface area contributed by atoms with Gasteiger partial charge in [-0.2, -0.15) is 0 Å². The van der Waals surface area contributed by atoms with Gasteiger partial charge in [-0.15, -0.1) is 0 Å². The molecule has 1 aliphatic rings. The van der Waals surface area contributed by atoms with Crippen molar-refractivity contribution in [3.05, 3.63) is 0 Å². The molecule has 0 aliphatic heterocycles. The van der Waals surface area contributed by atoms with E-state index in [1.165, 1.54) is 25.8 Å². The molecule has 1 rings (SSSR count). The van der Waals surface area contributed by atoms with E-state index in [1.807, 2.05) is 0 Å². The van der Waals surface area contributed by atoms with Crippen molar-refractivity contribution in [2.24, 2.45) is 5.41 Å². The zero-order valence-corrected chi connectivity index (χ0v) is 12.0. The topological polar surface area (TPSA) is 21.7 Å². The second-order valence-electron chi connectivity index (χ2n) is 5.57. The van der Waals surface area contributed by atoms with E-state index in [1.54, 1.807) is 7.11 Å². The fourth-order valence-electron chi connectivity index (χ4n) is 2.41. The van der Waals surface area contributed by atoms with Gasteiger partial charge in [0.15, 0.2) is 0 Å². The summed E-state index contributed by atoms with van der Waals surface area (Å²) in [6, 6.07) is 0. The lowest BCUT2D eigenvalue weighted by Crippen LogP contribution is -2.46. The molecule has 1 fully saturated rings. The summed E-state index contributed by atoms with van der Waals surface area (Å²) in [7, 11) is 1.77. The number of hydrogen-bond donors (Lipinski definition) is 0. The molecule has 0 radical (unpaired) electrons. The molecule has 17 heavy (non-hydrogen) atoms. The van der Waals surface area contributed by atoms with E-state index in [-0.39, 0.29) is 0 Å². The number of nitrogens with zero attached hydrogens (tertiary/aromatic N) is 1. The van der Waals surface area contributed by atoms with Crippen LogP contribution in [0.5, 0.6) is 0 Å². The van der Waals surface area contributed by atoms with Gasteiger partial charge in [-0.1, -0.05) is 13.3 Å². The maximum atomic E-state index is 5.84. The van der Waals surface area contributed by atoms with E-state index >= 15 is 0 Å². The predicted octanol–water partition coefficient (Wildman–Crippen LogP) is 2.55. The van der Waals surface area contributed by atoms with Gasteiger partial charge >= 0.3 is 0 Å². The minimum Gasteiger partial charge on any atom is -0.383 e. The second-order valence-corrected chi connectivity index (χ2v) is 5.57. The standard InChI is InChI=1S/C14H29NO2/c1-5-15(9-10-16-4)11-14(7-6-8-14)12-17-13(2)3/h13H,5-12H2,1-4H3. The number of likely N-dealkylation sites (N-methyl/N-ethyl adjacent to an activating group) is 1. The zero-order chi connectivity index (χ0) is 12.7. The lowest BCUT2D eigenvalue weighted by Gasteiger charge is -2.45. The summed E-state index contributed by atoms with van der Waals surface area (Å²) < 4.78 is 11.0. The third-order valence-corrected chi connectivity index (χ3v) is 3.75. The van der Waals surface area contributed by atoms with Gasteiger partial charge in [-0.05, 0) is 33.2 Å². The Morgan fingerprint density at radius 1 is 1.29 bits per heavy atom. The van der Waals surface area contributed by atoms with Gasteiger partial charge < -0.3 is 14.4 Å². The molecule has 0 atom stereocenters. The number of methoxy groups -OCH3 is 1.